The lowest BCUT2D eigenvalue weighted by Gasteiger charge is -2.24. The molecule has 2 aliphatic heterocycles. The lowest BCUT2D eigenvalue weighted by molar-refractivity contribution is 0.117. The Hall–Kier alpha value is -0.170. The molecule has 106 valence electrons. The number of sulfonamides is 1. The SMILES string of the molecule is CC1OCCC1NS(=O)(=O)CCC1CCCCN1. The summed E-state index contributed by atoms with van der Waals surface area (Å²) in [6.45, 7) is 3.59. The van der Waals surface area contributed by atoms with Crippen molar-refractivity contribution in [1.29, 1.82) is 0 Å². The van der Waals surface area contributed by atoms with Gasteiger partial charge in [-0.25, -0.2) is 13.1 Å². The van der Waals surface area contributed by atoms with Crippen molar-refractivity contribution >= 4 is 10.0 Å². The van der Waals surface area contributed by atoms with Crippen LogP contribution in [0.25, 0.3) is 0 Å². The van der Waals surface area contributed by atoms with E-state index in [1.807, 2.05) is 6.92 Å². The predicted octanol–water partition coefficient (Wildman–Crippen LogP) is 0.615. The Bertz CT molecular complexity index is 352. The summed E-state index contributed by atoms with van der Waals surface area (Å²) >= 11 is 0. The Balaban J connectivity index is 1.76. The molecular weight excluding hydrogens is 252 g/mol. The van der Waals surface area contributed by atoms with E-state index in [4.69, 9.17) is 4.74 Å². The topological polar surface area (TPSA) is 67.4 Å². The molecule has 0 radical (unpaired) electrons. The molecule has 6 heteroatoms. The van der Waals surface area contributed by atoms with E-state index in [1.54, 1.807) is 0 Å². The first kappa shape index (κ1) is 14.2. The standard InChI is InChI=1S/C12H24N2O3S/c1-10-12(5-8-17-10)14-18(15,16)9-6-11-4-2-3-7-13-11/h10-14H,2-9H2,1H3. The van der Waals surface area contributed by atoms with Crippen molar-refractivity contribution in [3.8, 4) is 0 Å². The van der Waals surface area contributed by atoms with Gasteiger partial charge in [-0.05, 0) is 39.2 Å². The third-order valence-electron chi connectivity index (χ3n) is 3.85. The average Bonchev–Trinajstić information content (AvgIpc) is 2.73. The van der Waals surface area contributed by atoms with Crippen molar-refractivity contribution in [3.63, 3.8) is 0 Å². The quantitative estimate of drug-likeness (QED) is 0.772. The molecule has 3 atom stereocenters. The van der Waals surface area contributed by atoms with Gasteiger partial charge in [0.1, 0.15) is 0 Å². The van der Waals surface area contributed by atoms with Gasteiger partial charge in [0.05, 0.1) is 11.9 Å². The second-order valence-electron chi connectivity index (χ2n) is 5.34. The summed E-state index contributed by atoms with van der Waals surface area (Å²) in [5.41, 5.74) is 0. The minimum absolute atomic E-state index is 0.00687. The normalized spacial score (nSPS) is 33.7. The highest BCUT2D eigenvalue weighted by atomic mass is 32.2. The van der Waals surface area contributed by atoms with Gasteiger partial charge in [-0.15, -0.1) is 0 Å². The molecule has 0 saturated carbocycles. The van der Waals surface area contributed by atoms with Gasteiger partial charge in [0, 0.05) is 18.7 Å². The molecule has 3 unspecified atom stereocenters. The second kappa shape index (κ2) is 6.32. The minimum Gasteiger partial charge on any atom is -0.377 e. The van der Waals surface area contributed by atoms with Crippen LogP contribution in [0.1, 0.15) is 39.0 Å². The highest BCUT2D eigenvalue weighted by Gasteiger charge is 2.28. The van der Waals surface area contributed by atoms with E-state index in [0.29, 0.717) is 19.1 Å². The first-order chi connectivity index (χ1) is 8.57. The van der Waals surface area contributed by atoms with Gasteiger partial charge in [0.25, 0.3) is 0 Å². The third kappa shape index (κ3) is 4.19. The Morgan fingerprint density at radius 3 is 2.78 bits per heavy atom. The highest BCUT2D eigenvalue weighted by molar-refractivity contribution is 7.89. The second-order valence-corrected chi connectivity index (χ2v) is 7.22. The summed E-state index contributed by atoms with van der Waals surface area (Å²) in [5, 5.41) is 3.38. The van der Waals surface area contributed by atoms with Crippen LogP contribution in [0.5, 0.6) is 0 Å². The van der Waals surface area contributed by atoms with E-state index in [0.717, 1.165) is 19.4 Å². The van der Waals surface area contributed by atoms with E-state index in [9.17, 15) is 8.42 Å². The van der Waals surface area contributed by atoms with E-state index < -0.39 is 10.0 Å². The van der Waals surface area contributed by atoms with Crippen LogP contribution in [0.2, 0.25) is 0 Å². The fraction of sp³-hybridized carbons (Fsp3) is 1.00. The summed E-state index contributed by atoms with van der Waals surface area (Å²) in [4.78, 5) is 0. The first-order valence-electron chi connectivity index (χ1n) is 6.92. The van der Waals surface area contributed by atoms with E-state index >= 15 is 0 Å². The number of nitrogens with one attached hydrogen (secondary N) is 2. The molecule has 2 heterocycles. The van der Waals surface area contributed by atoms with Crippen LogP contribution in [-0.2, 0) is 14.8 Å². The molecule has 0 aromatic heterocycles. The van der Waals surface area contributed by atoms with Crippen LogP contribution in [0.15, 0.2) is 0 Å². The van der Waals surface area contributed by atoms with E-state index in [1.165, 1.54) is 12.8 Å². The van der Waals surface area contributed by atoms with Gasteiger partial charge in [-0.2, -0.15) is 0 Å². The van der Waals surface area contributed by atoms with Crippen molar-refractivity contribution in [3.05, 3.63) is 0 Å². The molecule has 2 rings (SSSR count). The van der Waals surface area contributed by atoms with Crippen molar-refractivity contribution in [1.82, 2.24) is 10.0 Å². The molecular formula is C12H24N2O3S. The summed E-state index contributed by atoms with van der Waals surface area (Å²) in [6, 6.07) is 0.321. The van der Waals surface area contributed by atoms with E-state index in [2.05, 4.69) is 10.0 Å². The van der Waals surface area contributed by atoms with Gasteiger partial charge < -0.3 is 10.1 Å². The molecule has 5 nitrogen and oxygen atoms in total. The predicted molar refractivity (Wildman–Crippen MR) is 71.0 cm³/mol. The molecule has 0 aliphatic carbocycles. The largest absolute Gasteiger partial charge is 0.377 e. The number of piperidine rings is 1. The van der Waals surface area contributed by atoms with Crippen molar-refractivity contribution < 1.29 is 13.2 Å². The van der Waals surface area contributed by atoms with Crippen LogP contribution < -0.4 is 10.0 Å². The van der Waals surface area contributed by atoms with E-state index in [-0.39, 0.29) is 17.9 Å². The third-order valence-corrected chi connectivity index (χ3v) is 5.29. The maximum absolute atomic E-state index is 12.0. The Kier molecular flexibility index (Phi) is 5.00. The summed E-state index contributed by atoms with van der Waals surface area (Å²) in [6.07, 6.45) is 4.99. The number of ether oxygens (including phenoxy) is 1. The molecule has 18 heavy (non-hydrogen) atoms. The lowest BCUT2D eigenvalue weighted by atomic mass is 10.0. The van der Waals surface area contributed by atoms with Crippen LogP contribution in [0.4, 0.5) is 0 Å². The Labute approximate surface area is 110 Å². The van der Waals surface area contributed by atoms with Crippen molar-refractivity contribution in [2.75, 3.05) is 18.9 Å². The zero-order chi connectivity index (χ0) is 13.0. The Morgan fingerprint density at radius 1 is 1.33 bits per heavy atom. The summed E-state index contributed by atoms with van der Waals surface area (Å²) in [7, 11) is -3.17. The fourth-order valence-corrected chi connectivity index (χ4v) is 4.13. The summed E-state index contributed by atoms with van der Waals surface area (Å²) < 4.78 is 32.1. The zero-order valence-electron chi connectivity index (χ0n) is 11.0. The van der Waals surface area contributed by atoms with Gasteiger partial charge in [-0.3, -0.25) is 0 Å². The van der Waals surface area contributed by atoms with Gasteiger partial charge in [0.2, 0.25) is 10.0 Å². The molecule has 2 fully saturated rings. The zero-order valence-corrected chi connectivity index (χ0v) is 11.8. The van der Waals surface area contributed by atoms with Crippen LogP contribution in [0.3, 0.4) is 0 Å². The van der Waals surface area contributed by atoms with Crippen molar-refractivity contribution in [2.45, 2.75) is 57.2 Å². The molecule has 0 amide bonds. The van der Waals surface area contributed by atoms with Crippen LogP contribution >= 0.6 is 0 Å². The molecule has 2 aliphatic rings. The first-order valence-corrected chi connectivity index (χ1v) is 8.57. The molecule has 2 N–H and O–H groups in total. The van der Waals surface area contributed by atoms with Crippen LogP contribution in [0, 0.1) is 0 Å². The monoisotopic (exact) mass is 276 g/mol. The maximum atomic E-state index is 12.0. The maximum Gasteiger partial charge on any atom is 0.211 e. The number of rotatable bonds is 5. The number of hydrogen-bond donors (Lipinski definition) is 2. The van der Waals surface area contributed by atoms with Gasteiger partial charge in [0.15, 0.2) is 0 Å². The van der Waals surface area contributed by atoms with Gasteiger partial charge in [-0.1, -0.05) is 6.42 Å². The average molecular weight is 276 g/mol. The number of hydrogen-bond acceptors (Lipinski definition) is 4. The molecule has 0 spiro atoms. The fourth-order valence-electron chi connectivity index (χ4n) is 2.64. The molecule has 2 saturated heterocycles. The summed E-state index contributed by atoms with van der Waals surface area (Å²) in [5.74, 6) is 0.216. The van der Waals surface area contributed by atoms with Crippen LogP contribution in [-0.4, -0.2) is 45.5 Å². The molecule has 0 aromatic rings. The minimum atomic E-state index is -3.17. The lowest BCUT2D eigenvalue weighted by Crippen LogP contribution is -2.42. The van der Waals surface area contributed by atoms with Crippen molar-refractivity contribution in [2.24, 2.45) is 0 Å². The van der Waals surface area contributed by atoms with Gasteiger partial charge >= 0.3 is 0 Å². The highest BCUT2D eigenvalue weighted by Crippen LogP contribution is 2.15. The smallest absolute Gasteiger partial charge is 0.211 e. The molecule has 0 bridgehead atoms. The molecule has 0 aromatic carbocycles. The Morgan fingerprint density at radius 2 is 2.17 bits per heavy atom.